The van der Waals surface area contributed by atoms with Crippen molar-refractivity contribution in [3.8, 4) is 11.5 Å². The van der Waals surface area contributed by atoms with Crippen LogP contribution in [0.25, 0.3) is 0 Å². The molecule has 0 aromatic heterocycles. The second-order valence-corrected chi connectivity index (χ2v) is 8.50. The first-order valence-corrected chi connectivity index (χ1v) is 9.81. The average Bonchev–Trinajstić information content (AvgIpc) is 3.19. The van der Waals surface area contributed by atoms with Crippen LogP contribution in [0.4, 0.5) is 0 Å². The van der Waals surface area contributed by atoms with Crippen LogP contribution >= 0.6 is 23.2 Å². The Bertz CT molecular complexity index is 939. The van der Waals surface area contributed by atoms with Crippen molar-refractivity contribution < 1.29 is 19.1 Å². The lowest BCUT2D eigenvalue weighted by Gasteiger charge is -2.16. The van der Waals surface area contributed by atoms with Crippen molar-refractivity contribution in [2.24, 2.45) is 23.0 Å². The number of carbonyl (C=O) groups is 2. The molecular formula is C22H21Cl2NO4. The predicted molar refractivity (Wildman–Crippen MR) is 112 cm³/mol. The Kier molecular flexibility index (Phi) is 6.20. The smallest absolute Gasteiger partial charge is 0.311 e. The topological polar surface area (TPSA) is 78.6 Å². The first kappa shape index (κ1) is 21.2. The minimum atomic E-state index is -1.23. The van der Waals surface area contributed by atoms with E-state index in [2.05, 4.69) is 0 Å². The molecule has 0 heterocycles. The molecule has 1 amide bonds. The molecule has 0 unspecified atom stereocenters. The molecule has 0 aliphatic heterocycles. The Balaban J connectivity index is 1.77. The lowest BCUT2D eigenvalue weighted by molar-refractivity contribution is -0.157. The Labute approximate surface area is 179 Å². The average molecular weight is 434 g/mol. The van der Waals surface area contributed by atoms with Crippen LogP contribution in [0, 0.1) is 17.3 Å². The molecule has 0 bridgehead atoms. The van der Waals surface area contributed by atoms with Crippen molar-refractivity contribution in [3.63, 3.8) is 0 Å². The molecule has 0 spiro atoms. The maximum absolute atomic E-state index is 12.7. The largest absolute Gasteiger partial charge is 0.457 e. The van der Waals surface area contributed by atoms with E-state index in [9.17, 15) is 9.59 Å². The number of benzene rings is 2. The first-order chi connectivity index (χ1) is 13.7. The van der Waals surface area contributed by atoms with Crippen molar-refractivity contribution in [2.45, 2.75) is 20.0 Å². The van der Waals surface area contributed by atoms with Gasteiger partial charge < -0.3 is 15.2 Å². The van der Waals surface area contributed by atoms with E-state index >= 15 is 0 Å². The van der Waals surface area contributed by atoms with Gasteiger partial charge in [0.25, 0.3) is 5.91 Å². The standard InChI is InChI=1S/C22H21Cl2NO4/c1-22(2)16(12-17(23)24)18(22)21(27)29-19(20(25)26)13-7-6-10-15(11-13)28-14-8-4-3-5-9-14/h3-12,16,18-19H,1-2H3,(H2,25,26)/t16-,18-,19-/m1/s1. The number of rotatable bonds is 7. The van der Waals surface area contributed by atoms with Gasteiger partial charge in [-0.05, 0) is 41.7 Å². The summed E-state index contributed by atoms with van der Waals surface area (Å²) < 4.78 is 11.4. The normalized spacial score (nSPS) is 20.3. The first-order valence-electron chi connectivity index (χ1n) is 9.05. The van der Waals surface area contributed by atoms with Gasteiger partial charge in [-0.3, -0.25) is 9.59 Å². The number of hydrogen-bond acceptors (Lipinski definition) is 4. The van der Waals surface area contributed by atoms with Crippen molar-refractivity contribution in [1.29, 1.82) is 0 Å². The summed E-state index contributed by atoms with van der Waals surface area (Å²) in [5, 5.41) is 0. The van der Waals surface area contributed by atoms with Crippen LogP contribution in [0.3, 0.4) is 0 Å². The maximum atomic E-state index is 12.7. The van der Waals surface area contributed by atoms with Crippen LogP contribution in [0.2, 0.25) is 0 Å². The van der Waals surface area contributed by atoms with E-state index in [-0.39, 0.29) is 15.8 Å². The van der Waals surface area contributed by atoms with Gasteiger partial charge in [0, 0.05) is 5.56 Å². The number of carbonyl (C=O) groups excluding carboxylic acids is 2. The van der Waals surface area contributed by atoms with Crippen LogP contribution < -0.4 is 10.5 Å². The third kappa shape index (κ3) is 4.92. The summed E-state index contributed by atoms with van der Waals surface area (Å²) in [6, 6.07) is 15.9. The third-order valence-electron chi connectivity index (χ3n) is 5.10. The number of esters is 1. The molecular weight excluding hydrogens is 413 g/mol. The van der Waals surface area contributed by atoms with Gasteiger partial charge in [-0.15, -0.1) is 0 Å². The zero-order valence-corrected chi connectivity index (χ0v) is 17.5. The van der Waals surface area contributed by atoms with E-state index < -0.39 is 23.9 Å². The van der Waals surface area contributed by atoms with E-state index in [1.54, 1.807) is 30.3 Å². The molecule has 3 atom stereocenters. The molecule has 1 aliphatic rings. The van der Waals surface area contributed by atoms with Crippen molar-refractivity contribution >= 4 is 35.1 Å². The van der Waals surface area contributed by atoms with E-state index in [1.807, 2.05) is 44.2 Å². The Hall–Kier alpha value is -2.50. The molecule has 3 rings (SSSR count). The summed E-state index contributed by atoms with van der Waals surface area (Å²) in [6.45, 7) is 3.81. The van der Waals surface area contributed by atoms with Gasteiger partial charge in [0.15, 0.2) is 0 Å². The highest BCUT2D eigenvalue weighted by molar-refractivity contribution is 6.55. The third-order valence-corrected chi connectivity index (χ3v) is 5.35. The summed E-state index contributed by atoms with van der Waals surface area (Å²) in [5.74, 6) is -0.774. The zero-order chi connectivity index (χ0) is 21.2. The predicted octanol–water partition coefficient (Wildman–Crippen LogP) is 5.14. The molecule has 29 heavy (non-hydrogen) atoms. The van der Waals surface area contributed by atoms with Gasteiger partial charge >= 0.3 is 5.97 Å². The summed E-state index contributed by atoms with van der Waals surface area (Å²) in [6.07, 6.45) is 0.386. The fraction of sp³-hybridized carbons (Fsp3) is 0.273. The number of halogens is 2. The summed E-state index contributed by atoms with van der Waals surface area (Å²) >= 11 is 11.5. The van der Waals surface area contributed by atoms with E-state index in [1.165, 1.54) is 0 Å². The maximum Gasteiger partial charge on any atom is 0.311 e. The van der Waals surface area contributed by atoms with Crippen LogP contribution in [0.1, 0.15) is 25.5 Å². The minimum absolute atomic E-state index is 0.0931. The van der Waals surface area contributed by atoms with Crippen LogP contribution in [-0.4, -0.2) is 11.9 Å². The van der Waals surface area contributed by atoms with Crippen LogP contribution in [0.5, 0.6) is 11.5 Å². The van der Waals surface area contributed by atoms with Crippen LogP contribution in [-0.2, 0) is 14.3 Å². The Morgan fingerprint density at radius 2 is 1.72 bits per heavy atom. The zero-order valence-electron chi connectivity index (χ0n) is 16.0. The molecule has 0 radical (unpaired) electrons. The molecule has 2 aromatic rings. The SMILES string of the molecule is CC1(C)[C@H](C=C(Cl)Cl)[C@@H]1C(=O)O[C@@H](C(N)=O)c1cccc(Oc2ccccc2)c1. The number of para-hydroxylation sites is 1. The highest BCUT2D eigenvalue weighted by Gasteiger charge is 2.62. The lowest BCUT2D eigenvalue weighted by atomic mass is 10.1. The number of hydrogen-bond donors (Lipinski definition) is 1. The van der Waals surface area contributed by atoms with E-state index in [0.717, 1.165) is 0 Å². The fourth-order valence-electron chi connectivity index (χ4n) is 3.42. The Morgan fingerprint density at radius 3 is 2.34 bits per heavy atom. The number of primary amides is 1. The highest BCUT2D eigenvalue weighted by atomic mass is 35.5. The van der Waals surface area contributed by atoms with Gasteiger partial charge in [0.2, 0.25) is 6.10 Å². The molecule has 2 N–H and O–H groups in total. The Morgan fingerprint density at radius 1 is 1.07 bits per heavy atom. The second kappa shape index (κ2) is 8.47. The van der Waals surface area contributed by atoms with E-state index in [0.29, 0.717) is 17.1 Å². The molecule has 1 saturated carbocycles. The second-order valence-electron chi connectivity index (χ2n) is 7.49. The number of nitrogens with two attached hydrogens (primary N) is 1. The van der Waals surface area contributed by atoms with Gasteiger partial charge in [-0.25, -0.2) is 0 Å². The minimum Gasteiger partial charge on any atom is -0.457 e. The molecule has 2 aromatic carbocycles. The molecule has 0 saturated heterocycles. The summed E-state index contributed by atoms with van der Waals surface area (Å²) in [5.41, 5.74) is 5.57. The van der Waals surface area contributed by atoms with Gasteiger partial charge in [0.1, 0.15) is 16.0 Å². The van der Waals surface area contributed by atoms with E-state index in [4.69, 9.17) is 38.4 Å². The lowest BCUT2D eigenvalue weighted by Crippen LogP contribution is -2.27. The fourth-order valence-corrected chi connectivity index (χ4v) is 3.69. The van der Waals surface area contributed by atoms with Crippen molar-refractivity contribution in [3.05, 3.63) is 70.7 Å². The number of amides is 1. The van der Waals surface area contributed by atoms with Gasteiger partial charge in [-0.2, -0.15) is 0 Å². The quantitative estimate of drug-likeness (QED) is 0.612. The number of ether oxygens (including phenoxy) is 2. The number of allylic oxidation sites excluding steroid dienone is 1. The molecule has 1 aliphatic carbocycles. The molecule has 5 nitrogen and oxygen atoms in total. The molecule has 7 heteroatoms. The monoisotopic (exact) mass is 433 g/mol. The van der Waals surface area contributed by atoms with Crippen LogP contribution in [0.15, 0.2) is 65.2 Å². The van der Waals surface area contributed by atoms with Crippen molar-refractivity contribution in [1.82, 2.24) is 0 Å². The molecule has 152 valence electrons. The summed E-state index contributed by atoms with van der Waals surface area (Å²) in [4.78, 5) is 24.7. The molecule has 1 fully saturated rings. The van der Waals surface area contributed by atoms with Gasteiger partial charge in [-0.1, -0.05) is 67.4 Å². The van der Waals surface area contributed by atoms with Crippen molar-refractivity contribution in [2.75, 3.05) is 0 Å². The summed E-state index contributed by atoms with van der Waals surface area (Å²) in [7, 11) is 0. The van der Waals surface area contributed by atoms with Gasteiger partial charge in [0.05, 0.1) is 5.92 Å². The highest BCUT2D eigenvalue weighted by Crippen LogP contribution is 2.60.